The summed E-state index contributed by atoms with van der Waals surface area (Å²) in [6.45, 7) is 2.33. The van der Waals surface area contributed by atoms with Gasteiger partial charge in [0.15, 0.2) is 6.10 Å². The van der Waals surface area contributed by atoms with Gasteiger partial charge in [0.25, 0.3) is 5.91 Å². The van der Waals surface area contributed by atoms with Crippen molar-refractivity contribution in [2.24, 2.45) is 0 Å². The number of rotatable bonds is 7. The molecule has 0 aliphatic rings. The van der Waals surface area contributed by atoms with Gasteiger partial charge in [-0.05, 0) is 61.7 Å². The van der Waals surface area contributed by atoms with Gasteiger partial charge in [-0.1, -0.05) is 35.3 Å². The third-order valence-corrected chi connectivity index (χ3v) is 3.85. The van der Waals surface area contributed by atoms with Crippen LogP contribution >= 0.6 is 23.2 Å². The summed E-state index contributed by atoms with van der Waals surface area (Å²) in [5.41, 5.74) is 1.20. The van der Waals surface area contributed by atoms with E-state index >= 15 is 0 Å². The van der Waals surface area contributed by atoms with E-state index in [1.807, 2.05) is 24.3 Å². The van der Waals surface area contributed by atoms with Crippen molar-refractivity contribution in [2.75, 3.05) is 6.54 Å². The van der Waals surface area contributed by atoms with Gasteiger partial charge in [-0.25, -0.2) is 0 Å². The topological polar surface area (TPSA) is 38.3 Å². The van der Waals surface area contributed by atoms with E-state index in [1.54, 1.807) is 31.2 Å². The van der Waals surface area contributed by atoms with Gasteiger partial charge >= 0.3 is 0 Å². The third kappa shape index (κ3) is 6.12. The molecule has 1 atom stereocenters. The zero-order valence-electron chi connectivity index (χ0n) is 12.9. The van der Waals surface area contributed by atoms with Crippen LogP contribution in [0.5, 0.6) is 5.75 Å². The quantitative estimate of drug-likeness (QED) is 0.745. The molecule has 5 heteroatoms. The van der Waals surface area contributed by atoms with Crippen LogP contribution in [0.3, 0.4) is 0 Å². The van der Waals surface area contributed by atoms with Crippen LogP contribution in [0.15, 0.2) is 48.5 Å². The minimum Gasteiger partial charge on any atom is -0.481 e. The van der Waals surface area contributed by atoms with Gasteiger partial charge in [-0.2, -0.15) is 0 Å². The number of halogens is 2. The average molecular weight is 352 g/mol. The molecule has 1 amide bonds. The van der Waals surface area contributed by atoms with E-state index in [2.05, 4.69) is 5.32 Å². The molecule has 0 unspecified atom stereocenters. The van der Waals surface area contributed by atoms with E-state index in [-0.39, 0.29) is 5.91 Å². The molecule has 0 saturated heterocycles. The fraction of sp³-hybridized carbons (Fsp3) is 0.278. The Labute approximate surface area is 146 Å². The van der Waals surface area contributed by atoms with Gasteiger partial charge in [-0.3, -0.25) is 4.79 Å². The molecule has 0 radical (unpaired) electrons. The minimum atomic E-state index is -0.549. The van der Waals surface area contributed by atoms with Crippen molar-refractivity contribution in [3.63, 3.8) is 0 Å². The molecule has 3 nitrogen and oxygen atoms in total. The number of hydrogen-bond donors (Lipinski definition) is 1. The molecular formula is C18H19Cl2NO2. The number of nitrogens with one attached hydrogen (secondary N) is 1. The van der Waals surface area contributed by atoms with Gasteiger partial charge in [0, 0.05) is 16.6 Å². The van der Waals surface area contributed by atoms with Crippen LogP contribution in [0.25, 0.3) is 0 Å². The SMILES string of the molecule is C[C@H](Oc1ccc(Cl)cc1)C(=O)NCCCc1ccc(Cl)cc1. The second kappa shape index (κ2) is 8.80. The monoisotopic (exact) mass is 351 g/mol. The van der Waals surface area contributed by atoms with Crippen molar-refractivity contribution >= 4 is 29.1 Å². The number of benzene rings is 2. The van der Waals surface area contributed by atoms with Gasteiger partial charge in [-0.15, -0.1) is 0 Å². The molecule has 122 valence electrons. The number of hydrogen-bond acceptors (Lipinski definition) is 2. The molecule has 0 aliphatic heterocycles. The highest BCUT2D eigenvalue weighted by Crippen LogP contribution is 2.16. The molecular weight excluding hydrogens is 333 g/mol. The smallest absolute Gasteiger partial charge is 0.260 e. The molecule has 0 aromatic heterocycles. The first-order chi connectivity index (χ1) is 11.0. The standard InChI is InChI=1S/C18H19Cl2NO2/c1-13(23-17-10-8-16(20)9-11-17)18(22)21-12-2-3-14-4-6-15(19)7-5-14/h4-11,13H,2-3,12H2,1H3,(H,21,22)/t13-/m0/s1. The van der Waals surface area contributed by atoms with E-state index < -0.39 is 6.10 Å². The summed E-state index contributed by atoms with van der Waals surface area (Å²) in [6, 6.07) is 14.7. The molecule has 0 bridgehead atoms. The molecule has 0 spiro atoms. The molecule has 0 aliphatic carbocycles. The van der Waals surface area contributed by atoms with Gasteiger partial charge in [0.05, 0.1) is 0 Å². The van der Waals surface area contributed by atoms with Crippen molar-refractivity contribution in [1.29, 1.82) is 0 Å². The van der Waals surface area contributed by atoms with Crippen molar-refractivity contribution in [3.8, 4) is 5.75 Å². The maximum absolute atomic E-state index is 12.0. The highest BCUT2D eigenvalue weighted by molar-refractivity contribution is 6.30. The Kier molecular flexibility index (Phi) is 6.75. The van der Waals surface area contributed by atoms with Crippen molar-refractivity contribution in [1.82, 2.24) is 5.32 Å². The summed E-state index contributed by atoms with van der Waals surface area (Å²) >= 11 is 11.7. The zero-order chi connectivity index (χ0) is 16.7. The van der Waals surface area contributed by atoms with Crippen LogP contribution in [0.4, 0.5) is 0 Å². The largest absolute Gasteiger partial charge is 0.481 e. The predicted molar refractivity (Wildman–Crippen MR) is 94.3 cm³/mol. The van der Waals surface area contributed by atoms with E-state index in [9.17, 15) is 4.79 Å². The summed E-state index contributed by atoms with van der Waals surface area (Å²) in [5.74, 6) is 0.495. The molecule has 2 aromatic carbocycles. The highest BCUT2D eigenvalue weighted by atomic mass is 35.5. The Balaban J connectivity index is 1.69. The van der Waals surface area contributed by atoms with Gasteiger partial charge in [0.1, 0.15) is 5.75 Å². The summed E-state index contributed by atoms with van der Waals surface area (Å²) < 4.78 is 5.57. The Morgan fingerprint density at radius 3 is 2.22 bits per heavy atom. The molecule has 2 aromatic rings. The van der Waals surface area contributed by atoms with E-state index in [0.29, 0.717) is 17.3 Å². The molecule has 0 heterocycles. The fourth-order valence-electron chi connectivity index (χ4n) is 2.07. The lowest BCUT2D eigenvalue weighted by Crippen LogP contribution is -2.36. The first kappa shape index (κ1) is 17.6. The molecule has 1 N–H and O–H groups in total. The van der Waals surface area contributed by atoms with Crippen LogP contribution in [0.2, 0.25) is 10.0 Å². The maximum Gasteiger partial charge on any atom is 0.260 e. The lowest BCUT2D eigenvalue weighted by Gasteiger charge is -2.14. The van der Waals surface area contributed by atoms with E-state index in [4.69, 9.17) is 27.9 Å². The summed E-state index contributed by atoms with van der Waals surface area (Å²) in [5, 5.41) is 4.25. The Hall–Kier alpha value is -1.71. The number of amides is 1. The molecule has 0 saturated carbocycles. The molecule has 0 fully saturated rings. The van der Waals surface area contributed by atoms with Crippen LogP contribution in [-0.2, 0) is 11.2 Å². The Bertz CT molecular complexity index is 626. The lowest BCUT2D eigenvalue weighted by atomic mass is 10.1. The van der Waals surface area contributed by atoms with Crippen LogP contribution < -0.4 is 10.1 Å². The molecule has 2 rings (SSSR count). The first-order valence-electron chi connectivity index (χ1n) is 7.49. The number of ether oxygens (including phenoxy) is 1. The second-order valence-electron chi connectivity index (χ2n) is 5.24. The first-order valence-corrected chi connectivity index (χ1v) is 8.24. The summed E-state index contributed by atoms with van der Waals surface area (Å²) in [7, 11) is 0. The van der Waals surface area contributed by atoms with Crippen molar-refractivity contribution in [2.45, 2.75) is 25.9 Å². The number of carbonyl (C=O) groups excluding carboxylic acids is 1. The number of carbonyl (C=O) groups is 1. The van der Waals surface area contributed by atoms with Crippen LogP contribution in [0, 0.1) is 0 Å². The fourth-order valence-corrected chi connectivity index (χ4v) is 2.32. The normalized spacial score (nSPS) is 11.8. The van der Waals surface area contributed by atoms with Gasteiger partial charge in [0.2, 0.25) is 0 Å². The Morgan fingerprint density at radius 1 is 1.04 bits per heavy atom. The van der Waals surface area contributed by atoms with Crippen LogP contribution in [0.1, 0.15) is 18.9 Å². The Morgan fingerprint density at radius 2 is 1.61 bits per heavy atom. The van der Waals surface area contributed by atoms with Crippen molar-refractivity contribution in [3.05, 3.63) is 64.1 Å². The predicted octanol–water partition coefficient (Wildman–Crippen LogP) is 4.51. The zero-order valence-corrected chi connectivity index (χ0v) is 14.4. The maximum atomic E-state index is 12.0. The lowest BCUT2D eigenvalue weighted by molar-refractivity contribution is -0.127. The van der Waals surface area contributed by atoms with Gasteiger partial charge < -0.3 is 10.1 Å². The minimum absolute atomic E-state index is 0.129. The van der Waals surface area contributed by atoms with E-state index in [0.717, 1.165) is 17.9 Å². The summed E-state index contributed by atoms with van der Waals surface area (Å²) in [6.07, 6.45) is 1.21. The molecule has 23 heavy (non-hydrogen) atoms. The van der Waals surface area contributed by atoms with E-state index in [1.165, 1.54) is 5.56 Å². The number of aryl methyl sites for hydroxylation is 1. The second-order valence-corrected chi connectivity index (χ2v) is 6.11. The van der Waals surface area contributed by atoms with Crippen molar-refractivity contribution < 1.29 is 9.53 Å². The van der Waals surface area contributed by atoms with Crippen LogP contribution in [-0.4, -0.2) is 18.6 Å². The highest BCUT2D eigenvalue weighted by Gasteiger charge is 2.13. The third-order valence-electron chi connectivity index (χ3n) is 3.35. The summed E-state index contributed by atoms with van der Waals surface area (Å²) in [4.78, 5) is 12.0. The average Bonchev–Trinajstić information content (AvgIpc) is 2.55.